The first kappa shape index (κ1) is 11.9. The summed E-state index contributed by atoms with van der Waals surface area (Å²) in [5, 5.41) is 2.03. The second kappa shape index (κ2) is 5.19. The number of carbonyl (C=O) groups is 1. The van der Waals surface area contributed by atoms with Gasteiger partial charge in [0.1, 0.15) is 5.75 Å². The number of carbonyl (C=O) groups excluding carboxylic acids is 1. The second-order valence-corrected chi connectivity index (χ2v) is 4.40. The van der Waals surface area contributed by atoms with E-state index in [2.05, 4.69) is 20.7 Å². The predicted molar refractivity (Wildman–Crippen MR) is 69.2 cm³/mol. The molecule has 0 saturated carbocycles. The van der Waals surface area contributed by atoms with E-state index in [1.165, 1.54) is 7.11 Å². The van der Waals surface area contributed by atoms with Gasteiger partial charge >= 0.3 is 5.97 Å². The monoisotopic (exact) mass is 294 g/mol. The van der Waals surface area contributed by atoms with E-state index < -0.39 is 5.97 Å². The Kier molecular flexibility index (Phi) is 3.64. The Morgan fingerprint density at radius 2 is 2.12 bits per heavy atom. The third-order valence-corrected chi connectivity index (χ3v) is 2.87. The highest BCUT2D eigenvalue weighted by atomic mass is 79.9. The molecule has 2 rings (SSSR count). The number of ether oxygens (including phenoxy) is 2. The molecule has 0 aliphatic heterocycles. The van der Waals surface area contributed by atoms with Gasteiger partial charge in [0.25, 0.3) is 0 Å². The van der Waals surface area contributed by atoms with Crippen molar-refractivity contribution in [2.75, 3.05) is 13.7 Å². The van der Waals surface area contributed by atoms with Crippen LogP contribution >= 0.6 is 15.9 Å². The highest BCUT2D eigenvalue weighted by Gasteiger charge is 2.05. The molecule has 0 atom stereocenters. The summed E-state index contributed by atoms with van der Waals surface area (Å²) in [5.41, 5.74) is 0. The average molecular weight is 295 g/mol. The molecule has 4 heteroatoms. The van der Waals surface area contributed by atoms with Gasteiger partial charge in [-0.15, -0.1) is 0 Å². The number of benzene rings is 2. The maximum atomic E-state index is 11.0. The third-order valence-electron chi connectivity index (χ3n) is 2.38. The van der Waals surface area contributed by atoms with Crippen molar-refractivity contribution in [3.8, 4) is 5.75 Å². The smallest absolute Gasteiger partial charge is 0.343 e. The molecule has 2 aromatic rings. The highest BCUT2D eigenvalue weighted by molar-refractivity contribution is 9.10. The van der Waals surface area contributed by atoms with Crippen LogP contribution < -0.4 is 4.74 Å². The molecule has 3 nitrogen and oxygen atoms in total. The van der Waals surface area contributed by atoms with Gasteiger partial charge in [0.15, 0.2) is 6.61 Å². The molecule has 0 aliphatic carbocycles. The van der Waals surface area contributed by atoms with Crippen molar-refractivity contribution in [2.24, 2.45) is 0 Å². The fourth-order valence-electron chi connectivity index (χ4n) is 1.54. The lowest BCUT2D eigenvalue weighted by atomic mass is 10.1. The molecule has 0 aliphatic rings. The minimum Gasteiger partial charge on any atom is -0.481 e. The summed E-state index contributed by atoms with van der Waals surface area (Å²) in [6.07, 6.45) is 0. The van der Waals surface area contributed by atoms with Crippen molar-refractivity contribution >= 4 is 32.7 Å². The van der Waals surface area contributed by atoms with Crippen LogP contribution in [0.25, 0.3) is 10.8 Å². The number of hydrogen-bond donors (Lipinski definition) is 0. The topological polar surface area (TPSA) is 35.5 Å². The molecule has 0 aromatic heterocycles. The zero-order chi connectivity index (χ0) is 12.3. The first-order valence-electron chi connectivity index (χ1n) is 5.08. The fraction of sp³-hybridized carbons (Fsp3) is 0.154. The molecule has 0 saturated heterocycles. The number of esters is 1. The summed E-state index contributed by atoms with van der Waals surface area (Å²) < 4.78 is 10.9. The van der Waals surface area contributed by atoms with Crippen LogP contribution in [0.2, 0.25) is 0 Å². The summed E-state index contributed by atoms with van der Waals surface area (Å²) in [6, 6.07) is 11.6. The van der Waals surface area contributed by atoms with E-state index in [0.717, 1.165) is 15.2 Å². The number of methoxy groups -OCH3 is 1. The van der Waals surface area contributed by atoms with Gasteiger partial charge in [-0.05, 0) is 23.6 Å². The van der Waals surface area contributed by atoms with E-state index in [4.69, 9.17) is 4.74 Å². The largest absolute Gasteiger partial charge is 0.481 e. The van der Waals surface area contributed by atoms with Crippen LogP contribution in [-0.4, -0.2) is 19.7 Å². The molecule has 0 radical (unpaired) electrons. The van der Waals surface area contributed by atoms with E-state index >= 15 is 0 Å². The third kappa shape index (κ3) is 2.77. The summed E-state index contributed by atoms with van der Waals surface area (Å²) in [4.78, 5) is 11.0. The lowest BCUT2D eigenvalue weighted by Crippen LogP contribution is -2.12. The van der Waals surface area contributed by atoms with Crippen LogP contribution in [0.3, 0.4) is 0 Å². The van der Waals surface area contributed by atoms with E-state index in [1.54, 1.807) is 0 Å². The predicted octanol–water partition coefficient (Wildman–Crippen LogP) is 3.15. The molecule has 0 spiro atoms. The van der Waals surface area contributed by atoms with Crippen molar-refractivity contribution in [1.29, 1.82) is 0 Å². The number of fused-ring (bicyclic) bond motifs is 1. The molecule has 0 fully saturated rings. The number of rotatable bonds is 3. The van der Waals surface area contributed by atoms with Crippen LogP contribution in [0.4, 0.5) is 0 Å². The van der Waals surface area contributed by atoms with Gasteiger partial charge in [-0.3, -0.25) is 0 Å². The van der Waals surface area contributed by atoms with E-state index in [9.17, 15) is 4.79 Å². The molecular formula is C13H11BrO3. The van der Waals surface area contributed by atoms with Crippen molar-refractivity contribution in [3.05, 3.63) is 40.9 Å². The van der Waals surface area contributed by atoms with Crippen LogP contribution in [0.5, 0.6) is 5.75 Å². The van der Waals surface area contributed by atoms with E-state index in [1.807, 2.05) is 36.4 Å². The molecular weight excluding hydrogens is 284 g/mol. The Morgan fingerprint density at radius 1 is 1.29 bits per heavy atom. The summed E-state index contributed by atoms with van der Waals surface area (Å²) in [5.74, 6) is 0.284. The average Bonchev–Trinajstić information content (AvgIpc) is 2.35. The Balaban J connectivity index is 2.33. The molecule has 17 heavy (non-hydrogen) atoms. The number of halogens is 1. The first-order chi connectivity index (χ1) is 8.20. The van der Waals surface area contributed by atoms with Gasteiger partial charge in [0.2, 0.25) is 0 Å². The molecule has 88 valence electrons. The summed E-state index contributed by atoms with van der Waals surface area (Å²) >= 11 is 3.41. The maximum absolute atomic E-state index is 11.0. The highest BCUT2D eigenvalue weighted by Crippen LogP contribution is 2.28. The van der Waals surface area contributed by atoms with Crippen molar-refractivity contribution < 1.29 is 14.3 Å². The van der Waals surface area contributed by atoms with E-state index in [-0.39, 0.29) is 6.61 Å². The zero-order valence-corrected chi connectivity index (χ0v) is 10.9. The fourth-order valence-corrected chi connectivity index (χ4v) is 1.90. The van der Waals surface area contributed by atoms with Crippen LogP contribution in [-0.2, 0) is 9.53 Å². The standard InChI is InChI=1S/C13H11BrO3/c1-16-13(15)8-17-12-4-2-3-9-5-6-10(14)7-11(9)12/h2-7H,8H2,1H3. The molecule has 0 amide bonds. The van der Waals surface area contributed by atoms with Gasteiger partial charge in [0.05, 0.1) is 7.11 Å². The summed E-state index contributed by atoms with van der Waals surface area (Å²) in [7, 11) is 1.34. The van der Waals surface area contributed by atoms with Gasteiger partial charge in [-0.2, -0.15) is 0 Å². The Morgan fingerprint density at radius 3 is 2.88 bits per heavy atom. The number of hydrogen-bond acceptors (Lipinski definition) is 3. The summed E-state index contributed by atoms with van der Waals surface area (Å²) in [6.45, 7) is -0.0812. The van der Waals surface area contributed by atoms with Crippen molar-refractivity contribution in [3.63, 3.8) is 0 Å². The molecule has 0 bridgehead atoms. The lowest BCUT2D eigenvalue weighted by Gasteiger charge is -2.08. The molecule has 0 heterocycles. The molecule has 0 N–H and O–H groups in total. The lowest BCUT2D eigenvalue weighted by molar-refractivity contribution is -0.142. The Bertz CT molecular complexity index is 551. The van der Waals surface area contributed by atoms with Gasteiger partial charge in [-0.1, -0.05) is 34.1 Å². The first-order valence-corrected chi connectivity index (χ1v) is 5.88. The van der Waals surface area contributed by atoms with Crippen LogP contribution in [0, 0.1) is 0 Å². The Hall–Kier alpha value is -1.55. The minimum atomic E-state index is -0.392. The van der Waals surface area contributed by atoms with Crippen LogP contribution in [0.1, 0.15) is 0 Å². The molecule has 2 aromatic carbocycles. The normalized spacial score (nSPS) is 10.2. The van der Waals surface area contributed by atoms with Crippen LogP contribution in [0.15, 0.2) is 40.9 Å². The van der Waals surface area contributed by atoms with Gasteiger partial charge < -0.3 is 9.47 Å². The maximum Gasteiger partial charge on any atom is 0.343 e. The van der Waals surface area contributed by atoms with Gasteiger partial charge in [0, 0.05) is 9.86 Å². The van der Waals surface area contributed by atoms with Gasteiger partial charge in [-0.25, -0.2) is 4.79 Å². The zero-order valence-electron chi connectivity index (χ0n) is 9.27. The SMILES string of the molecule is COC(=O)COc1cccc2ccc(Br)cc12. The quantitative estimate of drug-likeness (QED) is 0.816. The second-order valence-electron chi connectivity index (χ2n) is 3.49. The van der Waals surface area contributed by atoms with Crippen molar-refractivity contribution in [1.82, 2.24) is 0 Å². The Labute approximate surface area is 107 Å². The van der Waals surface area contributed by atoms with Crippen molar-refractivity contribution in [2.45, 2.75) is 0 Å². The van der Waals surface area contributed by atoms with E-state index in [0.29, 0.717) is 5.75 Å². The molecule has 0 unspecified atom stereocenters. The minimum absolute atomic E-state index is 0.0812.